The Labute approximate surface area is 101 Å². The van der Waals surface area contributed by atoms with Crippen molar-refractivity contribution in [2.75, 3.05) is 5.75 Å². The summed E-state index contributed by atoms with van der Waals surface area (Å²) in [6, 6.07) is 7.78. The highest BCUT2D eigenvalue weighted by molar-refractivity contribution is 7.98. The van der Waals surface area contributed by atoms with Crippen LogP contribution in [0.4, 0.5) is 0 Å². The van der Waals surface area contributed by atoms with E-state index in [0.29, 0.717) is 0 Å². The van der Waals surface area contributed by atoms with Gasteiger partial charge in [0.15, 0.2) is 5.84 Å². The Morgan fingerprint density at radius 1 is 1.38 bits per heavy atom. The van der Waals surface area contributed by atoms with Gasteiger partial charge >= 0.3 is 0 Å². The van der Waals surface area contributed by atoms with Gasteiger partial charge in [0.25, 0.3) is 0 Å². The van der Waals surface area contributed by atoms with Gasteiger partial charge in [0.1, 0.15) is 0 Å². The molecule has 0 atom stereocenters. The first-order valence-corrected chi connectivity index (χ1v) is 6.43. The molecule has 0 aliphatic rings. The summed E-state index contributed by atoms with van der Waals surface area (Å²) in [4.78, 5) is 0. The van der Waals surface area contributed by atoms with Crippen molar-refractivity contribution in [3.05, 3.63) is 35.4 Å². The lowest BCUT2D eigenvalue weighted by Crippen LogP contribution is -2.12. The molecule has 1 aromatic carbocycles. The van der Waals surface area contributed by atoms with Crippen LogP contribution in [0.15, 0.2) is 29.4 Å². The molecule has 0 saturated carbocycles. The Morgan fingerprint density at radius 3 is 2.50 bits per heavy atom. The number of nitrogens with two attached hydrogens (primary N) is 1. The van der Waals surface area contributed by atoms with Gasteiger partial charge in [-0.05, 0) is 17.2 Å². The molecule has 0 aliphatic carbocycles. The van der Waals surface area contributed by atoms with Crippen LogP contribution in [-0.4, -0.2) is 16.8 Å². The van der Waals surface area contributed by atoms with E-state index in [2.05, 4.69) is 19.0 Å². The summed E-state index contributed by atoms with van der Waals surface area (Å²) in [6.45, 7) is 4.43. The smallest absolute Gasteiger partial charge is 0.170 e. The second-order valence-corrected chi connectivity index (χ2v) is 5.12. The standard InChI is InChI=1S/C12H18N2OS/c1-9(2)7-16-8-10-3-5-11(6-4-10)12(13)14-15/h3-6,9,15H,7-8H2,1-2H3,(H2,13,14). The van der Waals surface area contributed by atoms with Crippen molar-refractivity contribution in [2.45, 2.75) is 19.6 Å². The zero-order valence-corrected chi connectivity index (χ0v) is 10.5. The van der Waals surface area contributed by atoms with Crippen LogP contribution in [0.5, 0.6) is 0 Å². The molecule has 0 bridgehead atoms. The Balaban J connectivity index is 2.52. The summed E-state index contributed by atoms with van der Waals surface area (Å²) in [5.41, 5.74) is 7.49. The molecule has 0 aromatic heterocycles. The maximum absolute atomic E-state index is 8.52. The fourth-order valence-electron chi connectivity index (χ4n) is 1.24. The second kappa shape index (κ2) is 6.43. The molecule has 0 fully saturated rings. The molecule has 3 N–H and O–H groups in total. The van der Waals surface area contributed by atoms with Crippen LogP contribution in [0.3, 0.4) is 0 Å². The van der Waals surface area contributed by atoms with Gasteiger partial charge in [-0.3, -0.25) is 0 Å². The Hall–Kier alpha value is -1.16. The number of benzene rings is 1. The maximum atomic E-state index is 8.52. The van der Waals surface area contributed by atoms with Crippen LogP contribution in [0.25, 0.3) is 0 Å². The lowest BCUT2D eigenvalue weighted by molar-refractivity contribution is 0.318. The second-order valence-electron chi connectivity index (χ2n) is 4.09. The van der Waals surface area contributed by atoms with E-state index in [1.54, 1.807) is 0 Å². The first-order valence-electron chi connectivity index (χ1n) is 5.28. The molecule has 4 heteroatoms. The highest BCUT2D eigenvalue weighted by atomic mass is 32.2. The van der Waals surface area contributed by atoms with Crippen LogP contribution in [0.2, 0.25) is 0 Å². The molecular weight excluding hydrogens is 220 g/mol. The Morgan fingerprint density at radius 2 is 2.00 bits per heavy atom. The molecule has 0 spiro atoms. The van der Waals surface area contributed by atoms with E-state index in [-0.39, 0.29) is 5.84 Å². The predicted molar refractivity (Wildman–Crippen MR) is 70.0 cm³/mol. The van der Waals surface area contributed by atoms with Crippen LogP contribution < -0.4 is 5.73 Å². The van der Waals surface area contributed by atoms with Crippen LogP contribution >= 0.6 is 11.8 Å². The molecular formula is C12H18N2OS. The number of thioether (sulfide) groups is 1. The molecule has 0 amide bonds. The SMILES string of the molecule is CC(C)CSCc1ccc(/C(N)=N/O)cc1. The first-order chi connectivity index (χ1) is 7.63. The summed E-state index contributed by atoms with van der Waals surface area (Å²) in [5, 5.41) is 11.5. The molecule has 0 aliphatic heterocycles. The van der Waals surface area contributed by atoms with E-state index in [1.807, 2.05) is 36.0 Å². The Kier molecular flexibility index (Phi) is 5.19. The highest BCUT2D eigenvalue weighted by Gasteiger charge is 2.00. The van der Waals surface area contributed by atoms with E-state index in [9.17, 15) is 0 Å². The summed E-state index contributed by atoms with van der Waals surface area (Å²) >= 11 is 1.92. The monoisotopic (exact) mass is 238 g/mol. The minimum absolute atomic E-state index is 0.154. The molecule has 3 nitrogen and oxygen atoms in total. The number of hydrogen-bond acceptors (Lipinski definition) is 3. The molecule has 16 heavy (non-hydrogen) atoms. The number of amidine groups is 1. The van der Waals surface area contributed by atoms with Crippen molar-refractivity contribution < 1.29 is 5.21 Å². The van der Waals surface area contributed by atoms with Gasteiger partial charge in [-0.15, -0.1) is 0 Å². The third kappa shape index (κ3) is 4.14. The van der Waals surface area contributed by atoms with Crippen molar-refractivity contribution in [2.24, 2.45) is 16.8 Å². The summed E-state index contributed by atoms with van der Waals surface area (Å²) in [7, 11) is 0. The number of nitrogens with zero attached hydrogens (tertiary/aromatic N) is 1. The molecule has 88 valence electrons. The minimum atomic E-state index is 0.154. The van der Waals surface area contributed by atoms with Gasteiger partial charge in [0, 0.05) is 11.3 Å². The fraction of sp³-hybridized carbons (Fsp3) is 0.417. The lowest BCUT2D eigenvalue weighted by Gasteiger charge is -2.05. The van der Waals surface area contributed by atoms with Gasteiger partial charge in [-0.25, -0.2) is 0 Å². The van der Waals surface area contributed by atoms with Crippen molar-refractivity contribution in [1.82, 2.24) is 0 Å². The number of hydrogen-bond donors (Lipinski definition) is 2. The highest BCUT2D eigenvalue weighted by Crippen LogP contribution is 2.15. The maximum Gasteiger partial charge on any atom is 0.170 e. The third-order valence-corrected chi connectivity index (χ3v) is 3.52. The fourth-order valence-corrected chi connectivity index (χ4v) is 2.26. The third-order valence-electron chi connectivity index (χ3n) is 2.08. The molecule has 0 unspecified atom stereocenters. The normalized spacial score (nSPS) is 12.1. The van der Waals surface area contributed by atoms with Gasteiger partial charge in [-0.2, -0.15) is 11.8 Å². The largest absolute Gasteiger partial charge is 0.409 e. The van der Waals surface area contributed by atoms with Crippen molar-refractivity contribution >= 4 is 17.6 Å². The Bertz CT molecular complexity index is 347. The van der Waals surface area contributed by atoms with Crippen molar-refractivity contribution in [3.63, 3.8) is 0 Å². The predicted octanol–water partition coefficient (Wildman–Crippen LogP) is 2.67. The van der Waals surface area contributed by atoms with E-state index in [1.165, 1.54) is 11.3 Å². The molecule has 0 heterocycles. The average molecular weight is 238 g/mol. The van der Waals surface area contributed by atoms with Crippen LogP contribution in [0.1, 0.15) is 25.0 Å². The molecule has 0 saturated heterocycles. The zero-order chi connectivity index (χ0) is 12.0. The summed E-state index contributed by atoms with van der Waals surface area (Å²) in [5.74, 6) is 3.05. The van der Waals surface area contributed by atoms with Crippen LogP contribution in [0, 0.1) is 5.92 Å². The van der Waals surface area contributed by atoms with Crippen molar-refractivity contribution in [1.29, 1.82) is 0 Å². The van der Waals surface area contributed by atoms with E-state index >= 15 is 0 Å². The lowest BCUT2D eigenvalue weighted by atomic mass is 10.1. The van der Waals surface area contributed by atoms with Gasteiger partial charge in [-0.1, -0.05) is 43.3 Å². The molecule has 1 aromatic rings. The van der Waals surface area contributed by atoms with E-state index in [4.69, 9.17) is 10.9 Å². The van der Waals surface area contributed by atoms with Gasteiger partial charge < -0.3 is 10.9 Å². The van der Waals surface area contributed by atoms with E-state index < -0.39 is 0 Å². The topological polar surface area (TPSA) is 58.6 Å². The van der Waals surface area contributed by atoms with Gasteiger partial charge in [0.2, 0.25) is 0 Å². The minimum Gasteiger partial charge on any atom is -0.409 e. The average Bonchev–Trinajstić information content (AvgIpc) is 2.28. The quantitative estimate of drug-likeness (QED) is 0.359. The van der Waals surface area contributed by atoms with E-state index in [0.717, 1.165) is 17.2 Å². The number of oxime groups is 1. The summed E-state index contributed by atoms with van der Waals surface area (Å²) < 4.78 is 0. The molecule has 0 radical (unpaired) electrons. The van der Waals surface area contributed by atoms with Crippen molar-refractivity contribution in [3.8, 4) is 0 Å². The van der Waals surface area contributed by atoms with Gasteiger partial charge in [0.05, 0.1) is 0 Å². The summed E-state index contributed by atoms with van der Waals surface area (Å²) in [6.07, 6.45) is 0. The zero-order valence-electron chi connectivity index (χ0n) is 9.68. The molecule has 1 rings (SSSR count). The van der Waals surface area contributed by atoms with Crippen LogP contribution in [-0.2, 0) is 5.75 Å². The number of rotatable bonds is 5. The first kappa shape index (κ1) is 12.9.